The first-order valence-corrected chi connectivity index (χ1v) is 7.32. The number of rotatable bonds is 1. The zero-order valence-corrected chi connectivity index (χ0v) is 12.2. The predicted octanol–water partition coefficient (Wildman–Crippen LogP) is 3.32. The molecule has 0 radical (unpaired) electrons. The SMILES string of the molecule is Cn1c([C@H]2CCC[C@@H](N)C2)nc2cc(Br)ccc21. The zero-order chi connectivity index (χ0) is 12.7. The molecule has 1 aromatic carbocycles. The third kappa shape index (κ3) is 2.08. The third-order valence-corrected chi connectivity index (χ3v) is 4.45. The van der Waals surface area contributed by atoms with Gasteiger partial charge >= 0.3 is 0 Å². The Labute approximate surface area is 116 Å². The molecule has 1 saturated carbocycles. The molecule has 1 heterocycles. The molecular formula is C14H18BrN3. The van der Waals surface area contributed by atoms with E-state index in [4.69, 9.17) is 10.7 Å². The van der Waals surface area contributed by atoms with Crippen LogP contribution in [-0.4, -0.2) is 15.6 Å². The fourth-order valence-electron chi connectivity index (χ4n) is 3.02. The first-order chi connectivity index (χ1) is 8.65. The van der Waals surface area contributed by atoms with Crippen molar-refractivity contribution in [3.63, 3.8) is 0 Å². The summed E-state index contributed by atoms with van der Waals surface area (Å²) in [7, 11) is 2.11. The molecule has 3 nitrogen and oxygen atoms in total. The van der Waals surface area contributed by atoms with Crippen molar-refractivity contribution in [2.45, 2.75) is 37.6 Å². The van der Waals surface area contributed by atoms with Crippen LogP contribution in [0.25, 0.3) is 11.0 Å². The highest BCUT2D eigenvalue weighted by Crippen LogP contribution is 2.33. The normalized spacial score (nSPS) is 24.6. The molecule has 0 bridgehead atoms. The molecule has 0 saturated heterocycles. The number of fused-ring (bicyclic) bond motifs is 1. The van der Waals surface area contributed by atoms with Gasteiger partial charge in [-0.1, -0.05) is 22.4 Å². The predicted molar refractivity (Wildman–Crippen MR) is 77.6 cm³/mol. The molecule has 4 heteroatoms. The first kappa shape index (κ1) is 12.2. The van der Waals surface area contributed by atoms with Gasteiger partial charge < -0.3 is 10.3 Å². The quantitative estimate of drug-likeness (QED) is 0.878. The van der Waals surface area contributed by atoms with Gasteiger partial charge in [0.25, 0.3) is 0 Å². The molecule has 1 aliphatic rings. The van der Waals surface area contributed by atoms with E-state index in [0.717, 1.165) is 22.8 Å². The highest BCUT2D eigenvalue weighted by molar-refractivity contribution is 9.10. The molecule has 0 aliphatic heterocycles. The Morgan fingerprint density at radius 3 is 3.00 bits per heavy atom. The Balaban J connectivity index is 2.03. The van der Waals surface area contributed by atoms with Gasteiger partial charge in [-0.15, -0.1) is 0 Å². The van der Waals surface area contributed by atoms with Crippen molar-refractivity contribution in [3.8, 4) is 0 Å². The van der Waals surface area contributed by atoms with Gasteiger partial charge in [-0.2, -0.15) is 0 Å². The number of benzene rings is 1. The lowest BCUT2D eigenvalue weighted by atomic mass is 9.85. The number of imidazole rings is 1. The maximum Gasteiger partial charge on any atom is 0.112 e. The molecule has 1 aromatic heterocycles. The van der Waals surface area contributed by atoms with Crippen molar-refractivity contribution in [2.24, 2.45) is 12.8 Å². The van der Waals surface area contributed by atoms with E-state index in [9.17, 15) is 0 Å². The Morgan fingerprint density at radius 2 is 2.22 bits per heavy atom. The van der Waals surface area contributed by atoms with E-state index < -0.39 is 0 Å². The van der Waals surface area contributed by atoms with Crippen LogP contribution in [0.5, 0.6) is 0 Å². The highest BCUT2D eigenvalue weighted by Gasteiger charge is 2.24. The van der Waals surface area contributed by atoms with Crippen LogP contribution < -0.4 is 5.73 Å². The fourth-order valence-corrected chi connectivity index (χ4v) is 3.37. The molecule has 0 spiro atoms. The van der Waals surface area contributed by atoms with Gasteiger partial charge in [0, 0.05) is 23.5 Å². The van der Waals surface area contributed by atoms with Gasteiger partial charge in [0.15, 0.2) is 0 Å². The number of hydrogen-bond donors (Lipinski definition) is 1. The summed E-state index contributed by atoms with van der Waals surface area (Å²) in [5.41, 5.74) is 8.36. The third-order valence-electron chi connectivity index (χ3n) is 3.96. The molecule has 96 valence electrons. The lowest BCUT2D eigenvalue weighted by Crippen LogP contribution is -2.27. The van der Waals surface area contributed by atoms with Crippen LogP contribution in [0.2, 0.25) is 0 Å². The van der Waals surface area contributed by atoms with Gasteiger partial charge in [-0.25, -0.2) is 4.98 Å². The average molecular weight is 308 g/mol. The lowest BCUT2D eigenvalue weighted by Gasteiger charge is -2.26. The Morgan fingerprint density at radius 1 is 1.39 bits per heavy atom. The second kappa shape index (κ2) is 4.67. The summed E-state index contributed by atoms with van der Waals surface area (Å²) in [5, 5.41) is 0. The average Bonchev–Trinajstić information content (AvgIpc) is 2.66. The Kier molecular flexibility index (Phi) is 3.16. The molecule has 2 aromatic rings. The Hall–Kier alpha value is -0.870. The minimum absolute atomic E-state index is 0.343. The van der Waals surface area contributed by atoms with Crippen molar-refractivity contribution in [2.75, 3.05) is 0 Å². The number of nitrogens with zero attached hydrogens (tertiary/aromatic N) is 2. The van der Waals surface area contributed by atoms with Gasteiger partial charge in [0.1, 0.15) is 5.82 Å². The van der Waals surface area contributed by atoms with Crippen LogP contribution in [0.15, 0.2) is 22.7 Å². The fraction of sp³-hybridized carbons (Fsp3) is 0.500. The highest BCUT2D eigenvalue weighted by atomic mass is 79.9. The van der Waals surface area contributed by atoms with Gasteiger partial charge in [0.05, 0.1) is 11.0 Å². The number of aromatic nitrogens is 2. The number of hydrogen-bond acceptors (Lipinski definition) is 2. The largest absolute Gasteiger partial charge is 0.331 e. The molecule has 18 heavy (non-hydrogen) atoms. The zero-order valence-electron chi connectivity index (χ0n) is 10.6. The van der Waals surface area contributed by atoms with Crippen molar-refractivity contribution in [3.05, 3.63) is 28.5 Å². The first-order valence-electron chi connectivity index (χ1n) is 6.52. The van der Waals surface area contributed by atoms with Crippen molar-refractivity contribution in [1.29, 1.82) is 0 Å². The van der Waals surface area contributed by atoms with Crippen LogP contribution in [0.4, 0.5) is 0 Å². The minimum atomic E-state index is 0.343. The summed E-state index contributed by atoms with van der Waals surface area (Å²) in [6, 6.07) is 6.62. The van der Waals surface area contributed by atoms with E-state index in [-0.39, 0.29) is 0 Å². The van der Waals surface area contributed by atoms with E-state index >= 15 is 0 Å². The molecule has 3 rings (SSSR count). The van der Waals surface area contributed by atoms with Gasteiger partial charge in [-0.3, -0.25) is 0 Å². The Bertz CT molecular complexity index is 576. The van der Waals surface area contributed by atoms with Crippen molar-refractivity contribution >= 4 is 27.0 Å². The van der Waals surface area contributed by atoms with Crippen LogP contribution in [0.3, 0.4) is 0 Å². The van der Waals surface area contributed by atoms with Crippen molar-refractivity contribution < 1.29 is 0 Å². The molecule has 1 fully saturated rings. The van der Waals surface area contributed by atoms with E-state index in [1.165, 1.54) is 24.2 Å². The van der Waals surface area contributed by atoms with Gasteiger partial charge in [-0.05, 0) is 37.5 Å². The monoisotopic (exact) mass is 307 g/mol. The maximum absolute atomic E-state index is 6.09. The van der Waals surface area contributed by atoms with E-state index in [2.05, 4.69) is 45.7 Å². The van der Waals surface area contributed by atoms with Crippen LogP contribution >= 0.6 is 15.9 Å². The summed E-state index contributed by atoms with van der Waals surface area (Å²) in [4.78, 5) is 4.81. The van der Waals surface area contributed by atoms with Gasteiger partial charge in [0.2, 0.25) is 0 Å². The summed E-state index contributed by atoms with van der Waals surface area (Å²) >= 11 is 3.50. The van der Waals surface area contributed by atoms with E-state index in [1.54, 1.807) is 0 Å². The number of halogens is 1. The lowest BCUT2D eigenvalue weighted by molar-refractivity contribution is 0.378. The smallest absolute Gasteiger partial charge is 0.112 e. The van der Waals surface area contributed by atoms with Crippen molar-refractivity contribution in [1.82, 2.24) is 9.55 Å². The van der Waals surface area contributed by atoms with Crippen LogP contribution in [0, 0.1) is 0 Å². The molecular weight excluding hydrogens is 290 g/mol. The van der Waals surface area contributed by atoms with Crippen LogP contribution in [-0.2, 0) is 7.05 Å². The summed E-state index contributed by atoms with van der Waals surface area (Å²) < 4.78 is 3.31. The molecule has 0 unspecified atom stereocenters. The second-order valence-electron chi connectivity index (χ2n) is 5.29. The second-order valence-corrected chi connectivity index (χ2v) is 6.20. The summed E-state index contributed by atoms with van der Waals surface area (Å²) in [6.07, 6.45) is 4.66. The number of aryl methyl sites for hydroxylation is 1. The molecule has 0 amide bonds. The summed E-state index contributed by atoms with van der Waals surface area (Å²) in [6.45, 7) is 0. The van der Waals surface area contributed by atoms with Crippen LogP contribution in [0.1, 0.15) is 37.4 Å². The molecule has 2 atom stereocenters. The van der Waals surface area contributed by atoms with E-state index in [0.29, 0.717) is 12.0 Å². The maximum atomic E-state index is 6.09. The molecule has 2 N–H and O–H groups in total. The summed E-state index contributed by atoms with van der Waals surface area (Å²) in [5.74, 6) is 1.71. The minimum Gasteiger partial charge on any atom is -0.331 e. The standard InChI is InChI=1S/C14H18BrN3/c1-18-13-6-5-10(15)8-12(13)17-14(18)9-3-2-4-11(16)7-9/h5-6,8-9,11H,2-4,7,16H2,1H3/t9-,11+/m0/s1. The molecule has 1 aliphatic carbocycles. The van der Waals surface area contributed by atoms with E-state index in [1.807, 2.05) is 0 Å². The topological polar surface area (TPSA) is 43.8 Å². The number of nitrogens with two attached hydrogens (primary N) is 1.